The van der Waals surface area contributed by atoms with Crippen molar-refractivity contribution in [2.75, 3.05) is 7.11 Å². The zero-order valence-electron chi connectivity index (χ0n) is 14.4. The van der Waals surface area contributed by atoms with E-state index in [1.165, 1.54) is 7.11 Å². The van der Waals surface area contributed by atoms with Crippen LogP contribution in [0.2, 0.25) is 0 Å². The van der Waals surface area contributed by atoms with Gasteiger partial charge in [0.2, 0.25) is 0 Å². The van der Waals surface area contributed by atoms with Crippen LogP contribution in [0.5, 0.6) is 0 Å². The summed E-state index contributed by atoms with van der Waals surface area (Å²) in [7, 11) is 1.21. The molecule has 0 spiro atoms. The first-order valence-electron chi connectivity index (χ1n) is 7.80. The highest BCUT2D eigenvalue weighted by atomic mass is 35.5. The molecule has 24 heavy (non-hydrogen) atoms. The van der Waals surface area contributed by atoms with Crippen molar-refractivity contribution < 1.29 is 28.8 Å². The summed E-state index contributed by atoms with van der Waals surface area (Å²) in [5.41, 5.74) is -1.24. The van der Waals surface area contributed by atoms with Gasteiger partial charge >= 0.3 is 6.16 Å². The Morgan fingerprint density at radius 1 is 1.46 bits per heavy atom. The number of aliphatic hydroxyl groups is 1. The number of methoxy groups -OCH3 is 1. The van der Waals surface area contributed by atoms with E-state index in [0.717, 1.165) is 0 Å². The molecule has 0 radical (unpaired) electrons. The molecule has 2 rings (SSSR count). The molecule has 1 fully saturated rings. The van der Waals surface area contributed by atoms with Gasteiger partial charge in [0.25, 0.3) is 0 Å². The van der Waals surface area contributed by atoms with E-state index in [1.54, 1.807) is 13.0 Å². The van der Waals surface area contributed by atoms with Crippen molar-refractivity contribution in [1.29, 1.82) is 0 Å². The minimum absolute atomic E-state index is 0.204. The van der Waals surface area contributed by atoms with Crippen LogP contribution < -0.4 is 0 Å². The molecule has 5 unspecified atom stereocenters. The summed E-state index contributed by atoms with van der Waals surface area (Å²) >= 11 is 12.2. The lowest BCUT2D eigenvalue weighted by molar-refractivity contribution is -0.153. The Balaban J connectivity index is 2.32. The lowest BCUT2D eigenvalue weighted by atomic mass is 9.74. The normalized spacial score (nSPS) is 32.5. The second kappa shape index (κ2) is 6.90. The zero-order valence-corrected chi connectivity index (χ0v) is 15.9. The Labute approximate surface area is 152 Å². The van der Waals surface area contributed by atoms with Crippen molar-refractivity contribution >= 4 is 29.4 Å². The van der Waals surface area contributed by atoms with E-state index >= 15 is 0 Å². The number of alkyl halides is 2. The number of hydrogen-bond acceptors (Lipinski definition) is 6. The number of rotatable bonds is 4. The molecule has 6 nitrogen and oxygen atoms in total. The predicted octanol–water partition coefficient (Wildman–Crippen LogP) is 3.95. The maximum atomic E-state index is 11.6. The minimum atomic E-state index is -1.24. The molecule has 5 atom stereocenters. The van der Waals surface area contributed by atoms with Gasteiger partial charge < -0.3 is 24.1 Å². The Bertz CT molecular complexity index is 521. The Kier molecular flexibility index (Phi) is 5.65. The highest BCUT2D eigenvalue weighted by molar-refractivity contribution is 6.45. The van der Waals surface area contributed by atoms with E-state index < -0.39 is 22.4 Å². The predicted molar refractivity (Wildman–Crippen MR) is 89.2 cm³/mol. The average molecular weight is 383 g/mol. The van der Waals surface area contributed by atoms with Gasteiger partial charge in [-0.25, -0.2) is 4.79 Å². The van der Waals surface area contributed by atoms with Gasteiger partial charge in [0, 0.05) is 18.3 Å². The van der Waals surface area contributed by atoms with Gasteiger partial charge in [0.15, 0.2) is 5.79 Å². The van der Waals surface area contributed by atoms with Crippen molar-refractivity contribution in [3.63, 3.8) is 0 Å². The highest BCUT2D eigenvalue weighted by Gasteiger charge is 2.53. The van der Waals surface area contributed by atoms with E-state index in [2.05, 4.69) is 4.74 Å². The van der Waals surface area contributed by atoms with Crippen molar-refractivity contribution in [2.45, 2.75) is 62.5 Å². The van der Waals surface area contributed by atoms with Crippen LogP contribution in [-0.2, 0) is 18.9 Å². The van der Waals surface area contributed by atoms with Gasteiger partial charge in [0.1, 0.15) is 10.4 Å². The minimum Gasteiger partial charge on any atom is -0.513 e. The lowest BCUT2D eigenvalue weighted by Gasteiger charge is -2.42. The molecule has 0 amide bonds. The first-order valence-corrected chi connectivity index (χ1v) is 8.68. The van der Waals surface area contributed by atoms with Crippen LogP contribution in [0, 0.1) is 11.8 Å². The number of aliphatic hydroxyl groups excluding tert-OH is 1. The second-order valence-electron chi connectivity index (χ2n) is 6.91. The molecule has 1 aliphatic heterocycles. The van der Waals surface area contributed by atoms with Gasteiger partial charge in [-0.1, -0.05) is 6.92 Å². The van der Waals surface area contributed by atoms with Crippen LogP contribution in [0.25, 0.3) is 0 Å². The molecule has 0 aromatic carbocycles. The van der Waals surface area contributed by atoms with Crippen LogP contribution >= 0.6 is 23.2 Å². The summed E-state index contributed by atoms with van der Waals surface area (Å²) in [6.07, 6.45) is 0.602. The molecule has 2 aliphatic rings. The second-order valence-corrected chi connectivity index (χ2v) is 8.00. The molecule has 1 aliphatic carbocycles. The van der Waals surface area contributed by atoms with Gasteiger partial charge in [-0.15, -0.1) is 23.2 Å². The number of carbonyl (C=O) groups excluding carboxylic acids is 1. The summed E-state index contributed by atoms with van der Waals surface area (Å²) in [6, 6.07) is 0. The fourth-order valence-corrected chi connectivity index (χ4v) is 3.79. The van der Waals surface area contributed by atoms with E-state index in [4.69, 9.17) is 37.4 Å². The van der Waals surface area contributed by atoms with Crippen molar-refractivity contribution in [2.24, 2.45) is 11.8 Å². The van der Waals surface area contributed by atoms with Crippen LogP contribution in [0.4, 0.5) is 4.79 Å². The van der Waals surface area contributed by atoms with Gasteiger partial charge in [-0.05, 0) is 26.8 Å². The van der Waals surface area contributed by atoms with Gasteiger partial charge in [-0.2, -0.15) is 0 Å². The number of fused-ring (bicyclic) bond motifs is 1. The third kappa shape index (κ3) is 3.77. The zero-order chi connectivity index (χ0) is 18.3. The average Bonchev–Trinajstić information content (AvgIpc) is 2.78. The molecule has 0 aromatic rings. The molecule has 8 heteroatoms. The number of halogens is 2. The van der Waals surface area contributed by atoms with Crippen LogP contribution in [0.15, 0.2) is 11.8 Å². The standard InChI is InChI=1S/C16H24Cl2O6/c1-8(16(4,13(17)18)24-14(20)21-5)10-6-9(19)7-11-12(10)23-15(2,3)22-11/h6,8,10-13,19H,7H2,1-5H3. The molecule has 0 bridgehead atoms. The summed E-state index contributed by atoms with van der Waals surface area (Å²) in [5.74, 6) is -1.23. The van der Waals surface area contributed by atoms with E-state index in [-0.39, 0.29) is 29.8 Å². The molecule has 1 N–H and O–H groups in total. The Morgan fingerprint density at radius 2 is 2.08 bits per heavy atom. The number of ether oxygens (including phenoxy) is 4. The molecular formula is C16H24Cl2O6. The van der Waals surface area contributed by atoms with Crippen molar-refractivity contribution in [1.82, 2.24) is 0 Å². The largest absolute Gasteiger partial charge is 0.513 e. The van der Waals surface area contributed by atoms with Crippen LogP contribution in [0.1, 0.15) is 34.1 Å². The lowest BCUT2D eigenvalue weighted by Crippen LogP contribution is -2.51. The van der Waals surface area contributed by atoms with Crippen LogP contribution in [0.3, 0.4) is 0 Å². The van der Waals surface area contributed by atoms with Gasteiger partial charge in [0.05, 0.1) is 25.1 Å². The molecule has 1 heterocycles. The molecule has 0 saturated carbocycles. The smallest absolute Gasteiger partial charge is 0.508 e. The van der Waals surface area contributed by atoms with Crippen LogP contribution in [-0.4, -0.2) is 46.8 Å². The first-order chi connectivity index (χ1) is 11.0. The Hall–Kier alpha value is -0.690. The SMILES string of the molecule is COC(=O)OC(C)(C(Cl)Cl)C(C)C1C=C(O)CC2OC(C)(C)OC21. The maximum absolute atomic E-state index is 11.6. The van der Waals surface area contributed by atoms with E-state index in [9.17, 15) is 9.90 Å². The molecular weight excluding hydrogens is 359 g/mol. The van der Waals surface area contributed by atoms with Crippen molar-refractivity contribution in [3.8, 4) is 0 Å². The van der Waals surface area contributed by atoms with Crippen molar-refractivity contribution in [3.05, 3.63) is 11.8 Å². The topological polar surface area (TPSA) is 74.2 Å². The quantitative estimate of drug-likeness (QED) is 0.585. The summed E-state index contributed by atoms with van der Waals surface area (Å²) in [4.78, 5) is 10.6. The van der Waals surface area contributed by atoms with E-state index in [0.29, 0.717) is 6.42 Å². The third-order valence-electron chi connectivity index (χ3n) is 4.78. The summed E-state index contributed by atoms with van der Waals surface area (Å²) < 4.78 is 21.8. The van der Waals surface area contributed by atoms with Gasteiger partial charge in [-0.3, -0.25) is 0 Å². The fourth-order valence-electron chi connectivity index (χ4n) is 3.31. The number of hydrogen-bond donors (Lipinski definition) is 1. The summed E-state index contributed by atoms with van der Waals surface area (Å²) in [6.45, 7) is 7.11. The maximum Gasteiger partial charge on any atom is 0.508 e. The third-order valence-corrected chi connectivity index (χ3v) is 5.65. The monoisotopic (exact) mass is 382 g/mol. The first kappa shape index (κ1) is 19.6. The molecule has 138 valence electrons. The van der Waals surface area contributed by atoms with E-state index in [1.807, 2.05) is 20.8 Å². The highest BCUT2D eigenvalue weighted by Crippen LogP contribution is 2.46. The fraction of sp³-hybridized carbons (Fsp3) is 0.812. The Morgan fingerprint density at radius 3 is 2.62 bits per heavy atom. The molecule has 1 saturated heterocycles. The molecule has 0 aromatic heterocycles. The number of carbonyl (C=O) groups is 1. The summed E-state index contributed by atoms with van der Waals surface area (Å²) in [5, 5.41) is 10.1.